The second kappa shape index (κ2) is 5.90. The second-order valence-corrected chi connectivity index (χ2v) is 7.93. The third kappa shape index (κ3) is 3.18. The summed E-state index contributed by atoms with van der Waals surface area (Å²) in [5.74, 6) is 3.27. The Morgan fingerprint density at radius 1 is 0.684 bits per heavy atom. The summed E-state index contributed by atoms with van der Waals surface area (Å²) in [6.45, 7) is 4.76. The molecule has 0 radical (unpaired) electrons. The molecule has 3 rings (SSSR count). The molecule has 0 N–H and O–H groups in total. The summed E-state index contributed by atoms with van der Waals surface area (Å²) in [6.07, 6.45) is 10.8. The number of hydrogen-bond donors (Lipinski definition) is 0. The van der Waals surface area contributed by atoms with Crippen LogP contribution >= 0.6 is 11.3 Å². The van der Waals surface area contributed by atoms with E-state index in [9.17, 15) is 0 Å². The summed E-state index contributed by atoms with van der Waals surface area (Å²) in [4.78, 5) is 0. The minimum atomic E-state index is 0.713. The highest BCUT2D eigenvalue weighted by Gasteiger charge is 2.26. The van der Waals surface area contributed by atoms with Crippen molar-refractivity contribution in [2.45, 2.75) is 77.0 Å². The molecule has 19 heavy (non-hydrogen) atoms. The second-order valence-electron chi connectivity index (χ2n) is 6.89. The predicted molar refractivity (Wildman–Crippen MR) is 80.7 cm³/mol. The van der Waals surface area contributed by atoms with Crippen molar-refractivity contribution in [2.24, 2.45) is 11.8 Å². The van der Waals surface area contributed by atoms with Gasteiger partial charge in [-0.3, -0.25) is 0 Å². The van der Waals surface area contributed by atoms with Gasteiger partial charge in [0.25, 0.3) is 0 Å². The molecule has 0 amide bonds. The molecule has 2 fully saturated rings. The fourth-order valence-electron chi connectivity index (χ4n) is 3.59. The Kier molecular flexibility index (Phi) is 4.21. The van der Waals surface area contributed by atoms with E-state index in [2.05, 4.69) is 24.0 Å². The number of aromatic nitrogens is 2. The van der Waals surface area contributed by atoms with Crippen molar-refractivity contribution < 1.29 is 0 Å². The average molecular weight is 278 g/mol. The highest BCUT2D eigenvalue weighted by atomic mass is 32.1. The number of nitrogens with zero attached hydrogens (tertiary/aromatic N) is 2. The Hall–Kier alpha value is -0.440. The minimum absolute atomic E-state index is 0.713. The van der Waals surface area contributed by atoms with Crippen molar-refractivity contribution >= 4 is 11.3 Å². The van der Waals surface area contributed by atoms with Crippen molar-refractivity contribution in [3.63, 3.8) is 0 Å². The van der Waals surface area contributed by atoms with Crippen LogP contribution in [0.15, 0.2) is 0 Å². The van der Waals surface area contributed by atoms with Crippen LogP contribution in [0.2, 0.25) is 0 Å². The van der Waals surface area contributed by atoms with Gasteiger partial charge in [-0.1, -0.05) is 39.5 Å². The van der Waals surface area contributed by atoms with Gasteiger partial charge in [0.1, 0.15) is 10.0 Å². The molecule has 0 unspecified atom stereocenters. The van der Waals surface area contributed by atoms with Crippen molar-refractivity contribution in [3.8, 4) is 0 Å². The van der Waals surface area contributed by atoms with Crippen molar-refractivity contribution in [1.29, 1.82) is 0 Å². The fraction of sp³-hybridized carbons (Fsp3) is 0.875. The van der Waals surface area contributed by atoms with Gasteiger partial charge in [-0.05, 0) is 37.5 Å². The highest BCUT2D eigenvalue weighted by molar-refractivity contribution is 7.11. The van der Waals surface area contributed by atoms with Crippen LogP contribution in [-0.4, -0.2) is 10.2 Å². The Balaban J connectivity index is 1.63. The minimum Gasteiger partial charge on any atom is -0.143 e. The van der Waals surface area contributed by atoms with Crippen molar-refractivity contribution in [3.05, 3.63) is 10.0 Å². The zero-order valence-corrected chi connectivity index (χ0v) is 13.1. The van der Waals surface area contributed by atoms with E-state index in [4.69, 9.17) is 0 Å². The van der Waals surface area contributed by atoms with E-state index in [0.29, 0.717) is 11.8 Å². The first-order chi connectivity index (χ1) is 9.22. The van der Waals surface area contributed by atoms with Crippen LogP contribution in [0, 0.1) is 11.8 Å². The Morgan fingerprint density at radius 3 is 1.42 bits per heavy atom. The third-order valence-electron chi connectivity index (χ3n) is 5.19. The van der Waals surface area contributed by atoms with Gasteiger partial charge < -0.3 is 0 Å². The predicted octanol–water partition coefficient (Wildman–Crippen LogP) is 5.13. The smallest absolute Gasteiger partial charge is 0.120 e. The number of rotatable bonds is 2. The van der Waals surface area contributed by atoms with Gasteiger partial charge in [-0.15, -0.1) is 21.5 Å². The van der Waals surface area contributed by atoms with Gasteiger partial charge in [0.15, 0.2) is 0 Å². The van der Waals surface area contributed by atoms with Crippen LogP contribution in [0.25, 0.3) is 0 Å². The summed E-state index contributed by atoms with van der Waals surface area (Å²) in [7, 11) is 0. The van der Waals surface area contributed by atoms with Gasteiger partial charge in [-0.25, -0.2) is 0 Å². The topological polar surface area (TPSA) is 25.8 Å². The summed E-state index contributed by atoms with van der Waals surface area (Å²) >= 11 is 1.93. The first kappa shape index (κ1) is 13.5. The van der Waals surface area contributed by atoms with Crippen molar-refractivity contribution in [2.75, 3.05) is 0 Å². The largest absolute Gasteiger partial charge is 0.143 e. The lowest BCUT2D eigenvalue weighted by atomic mass is 9.83. The summed E-state index contributed by atoms with van der Waals surface area (Å²) < 4.78 is 0. The zero-order chi connectivity index (χ0) is 13.2. The van der Waals surface area contributed by atoms with E-state index in [1.165, 1.54) is 61.4 Å². The molecule has 0 bridgehead atoms. The van der Waals surface area contributed by atoms with E-state index in [0.717, 1.165) is 11.8 Å². The van der Waals surface area contributed by atoms with Crippen LogP contribution in [0.3, 0.4) is 0 Å². The maximum absolute atomic E-state index is 4.53. The summed E-state index contributed by atoms with van der Waals surface area (Å²) in [5.41, 5.74) is 0. The van der Waals surface area contributed by atoms with Gasteiger partial charge >= 0.3 is 0 Å². The van der Waals surface area contributed by atoms with E-state index in [1.807, 2.05) is 11.3 Å². The third-order valence-corrected chi connectivity index (χ3v) is 6.43. The van der Waals surface area contributed by atoms with Crippen LogP contribution in [0.4, 0.5) is 0 Å². The van der Waals surface area contributed by atoms with Gasteiger partial charge in [-0.2, -0.15) is 0 Å². The molecular weight excluding hydrogens is 252 g/mol. The highest BCUT2D eigenvalue weighted by Crippen LogP contribution is 2.40. The van der Waals surface area contributed by atoms with Crippen LogP contribution in [-0.2, 0) is 0 Å². The SMILES string of the molecule is CC1CCC(c2nnc(C3CCC(C)CC3)s2)CC1. The first-order valence-electron chi connectivity index (χ1n) is 8.05. The maximum atomic E-state index is 4.53. The van der Waals surface area contributed by atoms with E-state index < -0.39 is 0 Å². The lowest BCUT2D eigenvalue weighted by molar-refractivity contribution is 0.344. The van der Waals surface area contributed by atoms with Gasteiger partial charge in [0, 0.05) is 11.8 Å². The molecular formula is C16H26N2S. The van der Waals surface area contributed by atoms with E-state index >= 15 is 0 Å². The normalized spacial score (nSPS) is 36.3. The fourth-order valence-corrected chi connectivity index (χ4v) is 4.77. The molecule has 3 heteroatoms. The average Bonchev–Trinajstić information content (AvgIpc) is 2.90. The molecule has 0 saturated heterocycles. The molecule has 1 aromatic rings. The molecule has 2 saturated carbocycles. The van der Waals surface area contributed by atoms with Gasteiger partial charge in [0.2, 0.25) is 0 Å². The van der Waals surface area contributed by atoms with E-state index in [1.54, 1.807) is 0 Å². The van der Waals surface area contributed by atoms with Crippen LogP contribution in [0.1, 0.15) is 87.1 Å². The Labute approximate surface area is 121 Å². The molecule has 2 aliphatic carbocycles. The zero-order valence-electron chi connectivity index (χ0n) is 12.3. The lowest BCUT2D eigenvalue weighted by Crippen LogP contribution is -2.10. The molecule has 2 nitrogen and oxygen atoms in total. The van der Waals surface area contributed by atoms with Crippen LogP contribution < -0.4 is 0 Å². The van der Waals surface area contributed by atoms with E-state index in [-0.39, 0.29) is 0 Å². The van der Waals surface area contributed by atoms with Gasteiger partial charge in [0.05, 0.1) is 0 Å². The standard InChI is InChI=1S/C16H26N2S/c1-11-3-7-13(8-4-11)15-17-18-16(19-15)14-9-5-12(2)6-10-14/h11-14H,3-10H2,1-2H3. The molecule has 106 valence electrons. The maximum Gasteiger partial charge on any atom is 0.120 e. The molecule has 0 spiro atoms. The van der Waals surface area contributed by atoms with Crippen molar-refractivity contribution in [1.82, 2.24) is 10.2 Å². The Bertz CT molecular complexity index is 362. The molecule has 1 aromatic heterocycles. The molecule has 0 atom stereocenters. The Morgan fingerprint density at radius 2 is 1.05 bits per heavy atom. The lowest BCUT2D eigenvalue weighted by Gasteiger charge is -2.25. The number of hydrogen-bond acceptors (Lipinski definition) is 3. The summed E-state index contributed by atoms with van der Waals surface area (Å²) in [5, 5.41) is 11.7. The molecule has 2 aliphatic rings. The molecule has 0 aromatic carbocycles. The molecule has 1 heterocycles. The molecule has 0 aliphatic heterocycles. The summed E-state index contributed by atoms with van der Waals surface area (Å²) in [6, 6.07) is 0. The first-order valence-corrected chi connectivity index (χ1v) is 8.87. The quantitative estimate of drug-likeness (QED) is 0.750. The van der Waals surface area contributed by atoms with Crippen LogP contribution in [0.5, 0.6) is 0 Å². The monoisotopic (exact) mass is 278 g/mol.